The Morgan fingerprint density at radius 2 is 1.56 bits per heavy atom. The van der Waals surface area contributed by atoms with Gasteiger partial charge in [-0.3, -0.25) is 9.59 Å². The van der Waals surface area contributed by atoms with Crippen LogP contribution in [-0.2, 0) is 19.1 Å². The minimum absolute atomic E-state index is 0.0409. The maximum Gasteiger partial charge on any atom is 0.407 e. The number of hydrogen-bond donors (Lipinski definition) is 3. The molecule has 0 aromatic heterocycles. The van der Waals surface area contributed by atoms with E-state index < -0.39 is 29.4 Å². The topological polar surface area (TPSA) is 114 Å². The van der Waals surface area contributed by atoms with Crippen molar-refractivity contribution in [3.8, 4) is 11.1 Å². The molecular weight excluding hydrogens is 436 g/mol. The molecule has 2 amide bonds. The van der Waals surface area contributed by atoms with E-state index in [2.05, 4.69) is 22.8 Å². The van der Waals surface area contributed by atoms with E-state index in [1.807, 2.05) is 36.4 Å². The Balaban J connectivity index is 1.62. The van der Waals surface area contributed by atoms with Crippen LogP contribution in [0.25, 0.3) is 11.1 Å². The highest BCUT2D eigenvalue weighted by Gasteiger charge is 2.36. The van der Waals surface area contributed by atoms with Crippen molar-refractivity contribution in [1.29, 1.82) is 0 Å². The third-order valence-electron chi connectivity index (χ3n) is 6.69. The molecule has 2 aromatic carbocycles. The van der Waals surface area contributed by atoms with Gasteiger partial charge in [-0.25, -0.2) is 4.79 Å². The number of hydrogen-bond acceptors (Lipinski definition) is 5. The first-order valence-electron chi connectivity index (χ1n) is 11.5. The summed E-state index contributed by atoms with van der Waals surface area (Å²) < 4.78 is 10.6. The number of fused-ring (bicyclic) bond motifs is 3. The number of ether oxygens (including phenoxy) is 2. The Bertz CT molecular complexity index is 988. The zero-order valence-electron chi connectivity index (χ0n) is 19.8. The number of carbonyl (C=O) groups is 3. The van der Waals surface area contributed by atoms with Crippen molar-refractivity contribution in [2.24, 2.45) is 5.41 Å². The standard InChI is InChI=1S/C26H32N2O6/c1-4-26(5-2,24(30)31)16-27-23(29)22(15-33-3)28-25(32)34-14-21-19-12-8-6-10-17(19)18-11-7-9-13-20(18)21/h6-13,21-22H,4-5,14-16H2,1-3H3,(H,27,29)(H,28,32)(H,30,31)/t22-/m0/s1. The molecule has 0 bridgehead atoms. The molecule has 1 aliphatic rings. The first-order chi connectivity index (χ1) is 16.4. The van der Waals surface area contributed by atoms with Gasteiger partial charge in [-0.2, -0.15) is 0 Å². The average molecular weight is 469 g/mol. The molecule has 8 heteroatoms. The van der Waals surface area contributed by atoms with Gasteiger partial charge in [0.1, 0.15) is 12.6 Å². The summed E-state index contributed by atoms with van der Waals surface area (Å²) in [7, 11) is 1.42. The van der Waals surface area contributed by atoms with E-state index in [-0.39, 0.29) is 25.7 Å². The third kappa shape index (κ3) is 5.22. The van der Waals surface area contributed by atoms with E-state index in [0.29, 0.717) is 12.8 Å². The molecular formula is C26H32N2O6. The van der Waals surface area contributed by atoms with Crippen molar-refractivity contribution in [2.75, 3.05) is 26.9 Å². The number of methoxy groups -OCH3 is 1. The highest BCUT2D eigenvalue weighted by Crippen LogP contribution is 2.44. The Morgan fingerprint density at radius 1 is 1.00 bits per heavy atom. The largest absolute Gasteiger partial charge is 0.481 e. The van der Waals surface area contributed by atoms with Crippen molar-refractivity contribution in [3.05, 3.63) is 59.7 Å². The minimum atomic E-state index is -1.06. The maximum absolute atomic E-state index is 12.7. The summed E-state index contributed by atoms with van der Waals surface area (Å²) in [4.78, 5) is 37.0. The minimum Gasteiger partial charge on any atom is -0.481 e. The smallest absolute Gasteiger partial charge is 0.407 e. The van der Waals surface area contributed by atoms with E-state index in [0.717, 1.165) is 22.3 Å². The normalized spacial score (nSPS) is 13.5. The van der Waals surface area contributed by atoms with Gasteiger partial charge in [-0.1, -0.05) is 62.4 Å². The van der Waals surface area contributed by atoms with E-state index in [4.69, 9.17) is 9.47 Å². The van der Waals surface area contributed by atoms with Gasteiger partial charge < -0.3 is 25.2 Å². The van der Waals surface area contributed by atoms with Crippen LogP contribution in [0.2, 0.25) is 0 Å². The molecule has 0 fully saturated rings. The monoisotopic (exact) mass is 468 g/mol. The molecule has 2 aromatic rings. The van der Waals surface area contributed by atoms with Crippen molar-refractivity contribution in [2.45, 2.75) is 38.6 Å². The van der Waals surface area contributed by atoms with Crippen molar-refractivity contribution in [1.82, 2.24) is 10.6 Å². The summed E-state index contributed by atoms with van der Waals surface area (Å²) in [5, 5.41) is 14.8. The quantitative estimate of drug-likeness (QED) is 0.465. The van der Waals surface area contributed by atoms with Gasteiger partial charge in [0.2, 0.25) is 5.91 Å². The molecule has 0 saturated carbocycles. The predicted octanol–water partition coefficient (Wildman–Crippen LogP) is 3.55. The van der Waals surface area contributed by atoms with Gasteiger partial charge in [0.25, 0.3) is 0 Å². The highest BCUT2D eigenvalue weighted by atomic mass is 16.5. The number of amides is 2. The van der Waals surface area contributed by atoms with Gasteiger partial charge in [0.15, 0.2) is 0 Å². The molecule has 3 N–H and O–H groups in total. The Hall–Kier alpha value is -3.39. The SMILES string of the molecule is CCC(CC)(CNC(=O)[C@H](COC)NC(=O)OCC1c2ccccc2-c2ccccc21)C(=O)O. The van der Waals surface area contributed by atoms with Crippen LogP contribution in [0.4, 0.5) is 4.79 Å². The third-order valence-corrected chi connectivity index (χ3v) is 6.69. The number of carbonyl (C=O) groups excluding carboxylic acids is 2. The molecule has 0 spiro atoms. The second-order valence-electron chi connectivity index (χ2n) is 8.49. The van der Waals surface area contributed by atoms with Crippen LogP contribution in [0.15, 0.2) is 48.5 Å². The lowest BCUT2D eigenvalue weighted by Crippen LogP contribution is -2.52. The molecule has 1 aliphatic carbocycles. The number of benzene rings is 2. The Morgan fingerprint density at radius 3 is 2.06 bits per heavy atom. The number of aliphatic carboxylic acids is 1. The fraction of sp³-hybridized carbons (Fsp3) is 0.423. The lowest BCUT2D eigenvalue weighted by Gasteiger charge is -2.28. The van der Waals surface area contributed by atoms with Gasteiger partial charge in [-0.15, -0.1) is 0 Å². The fourth-order valence-electron chi connectivity index (χ4n) is 4.39. The van der Waals surface area contributed by atoms with Gasteiger partial charge in [0.05, 0.1) is 12.0 Å². The molecule has 0 radical (unpaired) electrons. The summed E-state index contributed by atoms with van der Waals surface area (Å²) in [5.74, 6) is -1.59. The van der Waals surface area contributed by atoms with Crippen LogP contribution >= 0.6 is 0 Å². The highest BCUT2D eigenvalue weighted by molar-refractivity contribution is 5.86. The van der Waals surface area contributed by atoms with E-state index in [9.17, 15) is 19.5 Å². The summed E-state index contributed by atoms with van der Waals surface area (Å²) in [6, 6.07) is 15.0. The van der Waals surface area contributed by atoms with Gasteiger partial charge in [-0.05, 0) is 35.1 Å². The Kier molecular flexibility index (Phi) is 8.28. The second kappa shape index (κ2) is 11.2. The number of alkyl carbamates (subject to hydrolysis) is 1. The van der Waals surface area contributed by atoms with Crippen molar-refractivity contribution < 1.29 is 29.0 Å². The summed E-state index contributed by atoms with van der Waals surface area (Å²) in [6.45, 7) is 3.54. The van der Waals surface area contributed by atoms with E-state index in [1.165, 1.54) is 7.11 Å². The van der Waals surface area contributed by atoms with Crippen LogP contribution in [0.3, 0.4) is 0 Å². The number of nitrogens with one attached hydrogen (secondary N) is 2. The summed E-state index contributed by atoms with van der Waals surface area (Å²) in [6.07, 6.45) is -0.00334. The predicted molar refractivity (Wildman–Crippen MR) is 128 cm³/mol. The number of carboxylic acids is 1. The lowest BCUT2D eigenvalue weighted by molar-refractivity contribution is -0.149. The second-order valence-corrected chi connectivity index (χ2v) is 8.49. The van der Waals surface area contributed by atoms with Crippen LogP contribution in [-0.4, -0.2) is 56.0 Å². The fourth-order valence-corrected chi connectivity index (χ4v) is 4.39. The van der Waals surface area contributed by atoms with Crippen molar-refractivity contribution in [3.63, 3.8) is 0 Å². The van der Waals surface area contributed by atoms with Crippen LogP contribution in [0.1, 0.15) is 43.7 Å². The molecule has 3 rings (SSSR count). The molecule has 0 unspecified atom stereocenters. The Labute approximate surface area is 199 Å². The summed E-state index contributed by atoms with van der Waals surface area (Å²) in [5.41, 5.74) is 3.37. The molecule has 0 heterocycles. The van der Waals surface area contributed by atoms with E-state index in [1.54, 1.807) is 13.8 Å². The van der Waals surface area contributed by atoms with Gasteiger partial charge in [0, 0.05) is 19.6 Å². The van der Waals surface area contributed by atoms with Crippen LogP contribution in [0, 0.1) is 5.41 Å². The maximum atomic E-state index is 12.7. The van der Waals surface area contributed by atoms with Crippen molar-refractivity contribution >= 4 is 18.0 Å². The molecule has 34 heavy (non-hydrogen) atoms. The molecule has 1 atom stereocenters. The zero-order valence-corrected chi connectivity index (χ0v) is 19.8. The summed E-state index contributed by atoms with van der Waals surface area (Å²) >= 11 is 0. The first kappa shape index (κ1) is 25.2. The molecule has 182 valence electrons. The lowest BCUT2D eigenvalue weighted by atomic mass is 9.82. The first-order valence-corrected chi connectivity index (χ1v) is 11.5. The van der Waals surface area contributed by atoms with Crippen LogP contribution in [0.5, 0.6) is 0 Å². The number of carboxylic acid groups (broad SMARTS) is 1. The zero-order chi connectivity index (χ0) is 24.7. The molecule has 8 nitrogen and oxygen atoms in total. The number of rotatable bonds is 11. The molecule has 0 aliphatic heterocycles. The van der Waals surface area contributed by atoms with Crippen LogP contribution < -0.4 is 10.6 Å². The molecule has 0 saturated heterocycles. The van der Waals surface area contributed by atoms with Gasteiger partial charge >= 0.3 is 12.1 Å². The average Bonchev–Trinajstić information content (AvgIpc) is 3.17. The van der Waals surface area contributed by atoms with E-state index >= 15 is 0 Å².